The second-order valence-electron chi connectivity index (χ2n) is 8.65. The molecule has 4 rings (SSSR count). The number of rotatable bonds is 9. The molecule has 0 bridgehead atoms. The van der Waals surface area contributed by atoms with Gasteiger partial charge in [-0.3, -0.25) is 14.4 Å². The molecule has 3 N–H and O–H groups in total. The minimum Gasteiger partial charge on any atom is -0.325 e. The van der Waals surface area contributed by atoms with Gasteiger partial charge in [-0.15, -0.1) is 11.8 Å². The fraction of sp³-hybridized carbons (Fsp3) is 0.0645. The summed E-state index contributed by atoms with van der Waals surface area (Å²) < 4.78 is 0. The minimum absolute atomic E-state index is 0.103. The Kier molecular flexibility index (Phi) is 10.0. The number of halogens is 2. The number of benzene rings is 4. The van der Waals surface area contributed by atoms with Gasteiger partial charge in [0.05, 0.1) is 15.3 Å². The molecule has 0 aliphatic heterocycles. The van der Waals surface area contributed by atoms with Crippen LogP contribution in [0.25, 0.3) is 6.08 Å². The highest BCUT2D eigenvalue weighted by molar-refractivity contribution is 8.00. The average Bonchev–Trinajstić information content (AvgIpc) is 2.96. The topological polar surface area (TPSA) is 87.3 Å². The summed E-state index contributed by atoms with van der Waals surface area (Å²) >= 11 is 13.3. The molecule has 0 aliphatic carbocycles. The molecule has 9 heteroatoms. The SMILES string of the molecule is CC(Sc1ccc(NC(=O)/C(=C/c2ccccc2)NC(=O)c2ccccc2)cc1)C(=O)Nc1ccc(Cl)c(Cl)c1. The first kappa shape index (κ1) is 29.0. The Morgan fingerprint density at radius 2 is 1.38 bits per heavy atom. The quantitative estimate of drug-likeness (QED) is 0.139. The van der Waals surface area contributed by atoms with E-state index in [1.54, 1.807) is 67.6 Å². The number of thioether (sulfide) groups is 1. The molecule has 1 unspecified atom stereocenters. The van der Waals surface area contributed by atoms with Gasteiger partial charge in [-0.2, -0.15) is 0 Å². The van der Waals surface area contributed by atoms with E-state index in [0.717, 1.165) is 10.5 Å². The summed E-state index contributed by atoms with van der Waals surface area (Å²) in [6, 6.07) is 29.9. The Labute approximate surface area is 246 Å². The molecule has 4 aromatic carbocycles. The third-order valence-corrected chi connectivity index (χ3v) is 7.47. The third-order valence-electron chi connectivity index (χ3n) is 5.62. The number of amides is 3. The maximum absolute atomic E-state index is 13.2. The zero-order valence-electron chi connectivity index (χ0n) is 21.4. The molecule has 0 saturated heterocycles. The van der Waals surface area contributed by atoms with Crippen LogP contribution in [0.15, 0.2) is 114 Å². The van der Waals surface area contributed by atoms with E-state index in [9.17, 15) is 14.4 Å². The highest BCUT2D eigenvalue weighted by Gasteiger charge is 2.17. The summed E-state index contributed by atoms with van der Waals surface area (Å²) in [5.74, 6) is -1.05. The maximum atomic E-state index is 13.2. The van der Waals surface area contributed by atoms with Crippen molar-refractivity contribution in [2.24, 2.45) is 0 Å². The number of hydrogen-bond donors (Lipinski definition) is 3. The van der Waals surface area contributed by atoms with Crippen LogP contribution in [0.5, 0.6) is 0 Å². The molecule has 202 valence electrons. The van der Waals surface area contributed by atoms with E-state index in [-0.39, 0.29) is 11.6 Å². The molecule has 0 heterocycles. The Morgan fingerprint density at radius 1 is 0.750 bits per heavy atom. The highest BCUT2D eigenvalue weighted by Crippen LogP contribution is 2.28. The van der Waals surface area contributed by atoms with Crippen LogP contribution in [0.2, 0.25) is 10.0 Å². The lowest BCUT2D eigenvalue weighted by atomic mass is 10.1. The summed E-state index contributed by atoms with van der Waals surface area (Å²) in [6.07, 6.45) is 1.62. The molecule has 40 heavy (non-hydrogen) atoms. The van der Waals surface area contributed by atoms with Gasteiger partial charge in [-0.25, -0.2) is 0 Å². The van der Waals surface area contributed by atoms with Crippen LogP contribution in [0, 0.1) is 0 Å². The first-order valence-corrected chi connectivity index (χ1v) is 13.9. The van der Waals surface area contributed by atoms with Gasteiger partial charge in [0.25, 0.3) is 11.8 Å². The number of hydrogen-bond acceptors (Lipinski definition) is 4. The summed E-state index contributed by atoms with van der Waals surface area (Å²) in [6.45, 7) is 1.79. The van der Waals surface area contributed by atoms with Crippen molar-refractivity contribution in [2.45, 2.75) is 17.1 Å². The molecule has 0 aromatic heterocycles. The smallest absolute Gasteiger partial charge is 0.272 e. The van der Waals surface area contributed by atoms with E-state index in [1.165, 1.54) is 11.8 Å². The third kappa shape index (κ3) is 8.23. The molecule has 0 saturated carbocycles. The second kappa shape index (κ2) is 13.8. The normalized spacial score (nSPS) is 11.8. The molecule has 0 radical (unpaired) electrons. The number of nitrogens with one attached hydrogen (secondary N) is 3. The Bertz CT molecular complexity index is 1530. The van der Waals surface area contributed by atoms with Gasteiger partial charge in [0, 0.05) is 21.8 Å². The lowest BCUT2D eigenvalue weighted by Crippen LogP contribution is -2.30. The minimum atomic E-state index is -0.470. The van der Waals surface area contributed by atoms with Crippen molar-refractivity contribution in [3.8, 4) is 0 Å². The lowest BCUT2D eigenvalue weighted by molar-refractivity contribution is -0.115. The van der Waals surface area contributed by atoms with Gasteiger partial charge < -0.3 is 16.0 Å². The number of anilines is 2. The molecule has 1 atom stereocenters. The average molecular weight is 591 g/mol. The van der Waals surface area contributed by atoms with E-state index in [2.05, 4.69) is 16.0 Å². The number of carbonyl (C=O) groups is 3. The van der Waals surface area contributed by atoms with E-state index in [1.807, 2.05) is 48.5 Å². The van der Waals surface area contributed by atoms with Crippen LogP contribution >= 0.6 is 35.0 Å². The van der Waals surface area contributed by atoms with Gasteiger partial charge in [0.2, 0.25) is 5.91 Å². The van der Waals surface area contributed by atoms with Crippen LogP contribution in [-0.4, -0.2) is 23.0 Å². The second-order valence-corrected chi connectivity index (χ2v) is 10.9. The van der Waals surface area contributed by atoms with Gasteiger partial charge in [0.15, 0.2) is 0 Å². The van der Waals surface area contributed by atoms with Gasteiger partial charge in [-0.05, 0) is 73.2 Å². The van der Waals surface area contributed by atoms with E-state index in [0.29, 0.717) is 27.0 Å². The fourth-order valence-corrected chi connectivity index (χ4v) is 4.71. The first-order chi connectivity index (χ1) is 19.3. The monoisotopic (exact) mass is 589 g/mol. The van der Waals surface area contributed by atoms with Crippen molar-refractivity contribution in [3.05, 3.63) is 130 Å². The zero-order chi connectivity index (χ0) is 28.5. The van der Waals surface area contributed by atoms with Crippen LogP contribution < -0.4 is 16.0 Å². The summed E-state index contributed by atoms with van der Waals surface area (Å²) in [5, 5.41) is 8.75. The zero-order valence-corrected chi connectivity index (χ0v) is 23.7. The lowest BCUT2D eigenvalue weighted by Gasteiger charge is -2.14. The standard InChI is InChI=1S/C31H25Cl2N3O3S/c1-20(29(37)35-24-14-17-26(32)27(33)19-24)40-25-15-12-23(13-16-25)34-31(39)28(18-21-8-4-2-5-9-21)36-30(38)22-10-6-3-7-11-22/h2-20H,1H3,(H,34,39)(H,35,37)(H,36,38)/b28-18-. The van der Waals surface area contributed by atoms with Crippen molar-refractivity contribution < 1.29 is 14.4 Å². The van der Waals surface area contributed by atoms with Crippen LogP contribution in [-0.2, 0) is 9.59 Å². The molecular weight excluding hydrogens is 565 g/mol. The molecule has 0 aliphatic rings. The summed E-state index contributed by atoms with van der Waals surface area (Å²) in [7, 11) is 0. The number of carbonyl (C=O) groups excluding carboxylic acids is 3. The first-order valence-electron chi connectivity index (χ1n) is 12.3. The molecule has 6 nitrogen and oxygen atoms in total. The summed E-state index contributed by atoms with van der Waals surface area (Å²) in [4.78, 5) is 39.4. The largest absolute Gasteiger partial charge is 0.325 e. The van der Waals surface area contributed by atoms with Gasteiger partial charge in [0.1, 0.15) is 5.70 Å². The van der Waals surface area contributed by atoms with Crippen molar-refractivity contribution in [1.29, 1.82) is 0 Å². The molecule has 3 amide bonds. The molecule has 4 aromatic rings. The van der Waals surface area contributed by atoms with E-state index >= 15 is 0 Å². The van der Waals surface area contributed by atoms with Gasteiger partial charge in [-0.1, -0.05) is 71.7 Å². The van der Waals surface area contributed by atoms with Crippen LogP contribution in [0.4, 0.5) is 11.4 Å². The van der Waals surface area contributed by atoms with E-state index in [4.69, 9.17) is 23.2 Å². The van der Waals surface area contributed by atoms with Crippen molar-refractivity contribution in [3.63, 3.8) is 0 Å². The van der Waals surface area contributed by atoms with Crippen molar-refractivity contribution in [2.75, 3.05) is 10.6 Å². The molecular formula is C31H25Cl2N3O3S. The predicted molar refractivity (Wildman–Crippen MR) is 164 cm³/mol. The Morgan fingerprint density at radius 3 is 2.02 bits per heavy atom. The van der Waals surface area contributed by atoms with Crippen LogP contribution in [0.3, 0.4) is 0 Å². The van der Waals surface area contributed by atoms with Crippen molar-refractivity contribution in [1.82, 2.24) is 5.32 Å². The van der Waals surface area contributed by atoms with Crippen molar-refractivity contribution >= 4 is 70.1 Å². The summed E-state index contributed by atoms with van der Waals surface area (Å²) in [5.41, 5.74) is 2.40. The molecule has 0 spiro atoms. The maximum Gasteiger partial charge on any atom is 0.272 e. The van der Waals surface area contributed by atoms with Crippen LogP contribution in [0.1, 0.15) is 22.8 Å². The predicted octanol–water partition coefficient (Wildman–Crippen LogP) is 7.52. The Balaban J connectivity index is 1.41. The Hall–Kier alpha value is -4.04. The fourth-order valence-electron chi connectivity index (χ4n) is 3.55. The highest BCUT2D eigenvalue weighted by atomic mass is 35.5. The van der Waals surface area contributed by atoms with E-state index < -0.39 is 17.1 Å². The van der Waals surface area contributed by atoms with Gasteiger partial charge >= 0.3 is 0 Å². The molecule has 0 fully saturated rings.